The molecule has 1 N–H and O–H groups in total. The summed E-state index contributed by atoms with van der Waals surface area (Å²) >= 11 is 0. The predicted molar refractivity (Wildman–Crippen MR) is 45.9 cm³/mol. The monoisotopic (exact) mass is 163 g/mol. The zero-order chi connectivity index (χ0) is 8.39. The van der Waals surface area contributed by atoms with Crippen molar-refractivity contribution in [2.45, 2.75) is 12.5 Å². The minimum atomic E-state index is -0.188. The molecule has 63 valence electrons. The van der Waals surface area contributed by atoms with Gasteiger partial charge in [0, 0.05) is 13.1 Å². The average Bonchev–Trinajstić information content (AvgIpc) is 2.54. The Bertz CT molecular complexity index is 250. The number of rotatable bonds is 1. The molecule has 2 heterocycles. The van der Waals surface area contributed by atoms with Gasteiger partial charge in [-0.15, -0.1) is 0 Å². The summed E-state index contributed by atoms with van der Waals surface area (Å²) in [6.45, 7) is 1.59. The van der Waals surface area contributed by atoms with Crippen molar-refractivity contribution < 1.29 is 5.11 Å². The molecule has 0 saturated carbocycles. The Morgan fingerprint density at radius 1 is 1.67 bits per heavy atom. The van der Waals surface area contributed by atoms with E-state index in [1.807, 2.05) is 12.1 Å². The van der Waals surface area contributed by atoms with Crippen LogP contribution in [0.25, 0.3) is 0 Å². The Morgan fingerprint density at radius 2 is 2.58 bits per heavy atom. The maximum atomic E-state index is 9.28. The molecule has 0 amide bonds. The second kappa shape index (κ2) is 3.11. The Morgan fingerprint density at radius 3 is 3.17 bits per heavy atom. The first-order chi connectivity index (χ1) is 5.86. The van der Waals surface area contributed by atoms with E-state index in [1.165, 1.54) is 0 Å². The quantitative estimate of drug-likeness (QED) is 0.653. The molecule has 1 aliphatic heterocycles. The van der Waals surface area contributed by atoms with Crippen LogP contribution in [0.15, 0.2) is 18.2 Å². The second-order valence-electron chi connectivity index (χ2n) is 3.01. The van der Waals surface area contributed by atoms with E-state index in [0.29, 0.717) is 6.54 Å². The van der Waals surface area contributed by atoms with Gasteiger partial charge in [0.1, 0.15) is 5.82 Å². The number of aliphatic hydroxyl groups excluding tert-OH is 1. The molecule has 1 radical (unpaired) electrons. The van der Waals surface area contributed by atoms with Crippen LogP contribution in [-0.2, 0) is 0 Å². The zero-order valence-electron chi connectivity index (χ0n) is 6.77. The van der Waals surface area contributed by atoms with E-state index in [4.69, 9.17) is 0 Å². The summed E-state index contributed by atoms with van der Waals surface area (Å²) in [6, 6.07) is 5.62. The first-order valence-corrected chi connectivity index (χ1v) is 4.12. The summed E-state index contributed by atoms with van der Waals surface area (Å²) in [5.74, 6) is 0.911. The fourth-order valence-electron chi connectivity index (χ4n) is 1.44. The molecule has 0 unspecified atom stereocenters. The van der Waals surface area contributed by atoms with Gasteiger partial charge in [-0.3, -0.25) is 0 Å². The molecular formula is C9H11N2O. The minimum absolute atomic E-state index is 0.188. The highest BCUT2D eigenvalue weighted by Gasteiger charge is 2.20. The molecule has 2 rings (SSSR count). The van der Waals surface area contributed by atoms with Crippen molar-refractivity contribution in [2.24, 2.45) is 0 Å². The van der Waals surface area contributed by atoms with Crippen molar-refractivity contribution in [3.05, 3.63) is 24.4 Å². The molecule has 0 aromatic carbocycles. The Kier molecular flexibility index (Phi) is 1.96. The van der Waals surface area contributed by atoms with Gasteiger partial charge in [0.05, 0.1) is 12.3 Å². The summed E-state index contributed by atoms with van der Waals surface area (Å²) in [5, 5.41) is 9.28. The van der Waals surface area contributed by atoms with Crippen molar-refractivity contribution in [3.63, 3.8) is 0 Å². The molecule has 0 aliphatic carbocycles. The lowest BCUT2D eigenvalue weighted by Gasteiger charge is -2.15. The summed E-state index contributed by atoms with van der Waals surface area (Å²) in [5.41, 5.74) is 0. The predicted octanol–water partition coefficient (Wildman–Crippen LogP) is 0.453. The van der Waals surface area contributed by atoms with Crippen LogP contribution in [-0.4, -0.2) is 29.3 Å². The van der Waals surface area contributed by atoms with E-state index in [9.17, 15) is 5.11 Å². The highest BCUT2D eigenvalue weighted by Crippen LogP contribution is 2.16. The van der Waals surface area contributed by atoms with Crippen molar-refractivity contribution in [2.75, 3.05) is 18.0 Å². The molecule has 1 atom stereocenters. The van der Waals surface area contributed by atoms with Gasteiger partial charge in [-0.05, 0) is 18.6 Å². The molecule has 1 fully saturated rings. The van der Waals surface area contributed by atoms with Gasteiger partial charge in [0.2, 0.25) is 0 Å². The summed E-state index contributed by atoms with van der Waals surface area (Å²) in [6.07, 6.45) is 3.44. The average molecular weight is 163 g/mol. The van der Waals surface area contributed by atoms with Crippen LogP contribution >= 0.6 is 0 Å². The van der Waals surface area contributed by atoms with Crippen LogP contribution in [0.4, 0.5) is 5.82 Å². The SMILES string of the molecule is O[C@H]1CCN(c2ccc[c]n2)C1. The van der Waals surface area contributed by atoms with E-state index >= 15 is 0 Å². The number of hydrogen-bond donors (Lipinski definition) is 1. The number of aliphatic hydroxyl groups is 1. The highest BCUT2D eigenvalue weighted by molar-refractivity contribution is 5.38. The van der Waals surface area contributed by atoms with E-state index in [-0.39, 0.29) is 6.10 Å². The largest absolute Gasteiger partial charge is 0.391 e. The van der Waals surface area contributed by atoms with E-state index < -0.39 is 0 Å². The van der Waals surface area contributed by atoms with Gasteiger partial charge in [0.15, 0.2) is 0 Å². The molecule has 12 heavy (non-hydrogen) atoms. The topological polar surface area (TPSA) is 36.4 Å². The fraction of sp³-hybridized carbons (Fsp3) is 0.444. The van der Waals surface area contributed by atoms with Gasteiger partial charge in [0.25, 0.3) is 0 Å². The van der Waals surface area contributed by atoms with Crippen LogP contribution in [0.2, 0.25) is 0 Å². The van der Waals surface area contributed by atoms with Crippen molar-refractivity contribution in [1.29, 1.82) is 0 Å². The molecule has 3 heteroatoms. The molecule has 1 aromatic heterocycles. The fourth-order valence-corrected chi connectivity index (χ4v) is 1.44. The number of pyridine rings is 1. The Hall–Kier alpha value is -1.09. The second-order valence-corrected chi connectivity index (χ2v) is 3.01. The third-order valence-corrected chi connectivity index (χ3v) is 2.08. The van der Waals surface area contributed by atoms with E-state index in [1.54, 1.807) is 6.07 Å². The van der Waals surface area contributed by atoms with Gasteiger partial charge in [-0.25, -0.2) is 4.98 Å². The first kappa shape index (κ1) is 7.55. The van der Waals surface area contributed by atoms with Crippen LogP contribution in [0.1, 0.15) is 6.42 Å². The van der Waals surface area contributed by atoms with Gasteiger partial charge >= 0.3 is 0 Å². The maximum absolute atomic E-state index is 9.28. The lowest BCUT2D eigenvalue weighted by atomic mass is 10.3. The number of anilines is 1. The smallest absolute Gasteiger partial charge is 0.129 e. The number of hydrogen-bond acceptors (Lipinski definition) is 3. The van der Waals surface area contributed by atoms with Gasteiger partial charge in [-0.1, -0.05) is 6.07 Å². The Labute approximate surface area is 71.7 Å². The van der Waals surface area contributed by atoms with Crippen LogP contribution < -0.4 is 4.90 Å². The molecule has 1 aliphatic rings. The first-order valence-electron chi connectivity index (χ1n) is 4.12. The molecule has 0 bridgehead atoms. The van der Waals surface area contributed by atoms with Crippen molar-refractivity contribution >= 4 is 5.82 Å². The summed E-state index contributed by atoms with van der Waals surface area (Å²) < 4.78 is 0. The molecule has 0 spiro atoms. The zero-order valence-corrected chi connectivity index (χ0v) is 6.77. The molecule has 1 saturated heterocycles. The molecule has 3 nitrogen and oxygen atoms in total. The van der Waals surface area contributed by atoms with E-state index in [0.717, 1.165) is 18.8 Å². The highest BCUT2D eigenvalue weighted by atomic mass is 16.3. The van der Waals surface area contributed by atoms with Crippen LogP contribution in [0, 0.1) is 6.20 Å². The lowest BCUT2D eigenvalue weighted by molar-refractivity contribution is 0.198. The number of nitrogens with zero attached hydrogens (tertiary/aromatic N) is 2. The molecular weight excluding hydrogens is 152 g/mol. The van der Waals surface area contributed by atoms with E-state index in [2.05, 4.69) is 16.1 Å². The Balaban J connectivity index is 2.11. The van der Waals surface area contributed by atoms with Crippen LogP contribution in [0.3, 0.4) is 0 Å². The van der Waals surface area contributed by atoms with Crippen LogP contribution in [0.5, 0.6) is 0 Å². The summed E-state index contributed by atoms with van der Waals surface area (Å²) in [7, 11) is 0. The maximum Gasteiger partial charge on any atom is 0.129 e. The number of β-amino-alcohol motifs (C(OH)–C–C–N with tert-alkyl or cyclic N) is 1. The minimum Gasteiger partial charge on any atom is -0.391 e. The van der Waals surface area contributed by atoms with Gasteiger partial charge in [-0.2, -0.15) is 0 Å². The van der Waals surface area contributed by atoms with Crippen molar-refractivity contribution in [1.82, 2.24) is 4.98 Å². The lowest BCUT2D eigenvalue weighted by Crippen LogP contribution is -2.21. The standard InChI is InChI=1S/C9H11N2O/c12-8-4-6-11(7-8)9-3-1-2-5-10-9/h1-3,8,12H,4,6-7H2/t8-/m0/s1. The number of aromatic nitrogens is 1. The third kappa shape index (κ3) is 1.41. The third-order valence-electron chi connectivity index (χ3n) is 2.08. The normalized spacial score (nSPS) is 23.1. The molecule has 1 aromatic rings. The van der Waals surface area contributed by atoms with Gasteiger partial charge < -0.3 is 10.0 Å². The summed E-state index contributed by atoms with van der Waals surface area (Å²) in [4.78, 5) is 6.16. The van der Waals surface area contributed by atoms with Crippen molar-refractivity contribution in [3.8, 4) is 0 Å².